The van der Waals surface area contributed by atoms with Gasteiger partial charge in [-0.15, -0.1) is 0 Å². The van der Waals surface area contributed by atoms with E-state index in [4.69, 9.17) is 9.47 Å². The maximum Gasteiger partial charge on any atom is 0.166 e. The molecule has 1 saturated carbocycles. The van der Waals surface area contributed by atoms with Gasteiger partial charge in [0.25, 0.3) is 0 Å². The highest BCUT2D eigenvalue weighted by atomic mass is 16.5. The summed E-state index contributed by atoms with van der Waals surface area (Å²) >= 11 is 0. The average molecular weight is 566 g/mol. The highest BCUT2D eigenvalue weighted by Crippen LogP contribution is 2.50. The van der Waals surface area contributed by atoms with Crippen LogP contribution in [0, 0.1) is 22.7 Å². The van der Waals surface area contributed by atoms with E-state index in [1.54, 1.807) is 26.4 Å². The van der Waals surface area contributed by atoms with Crippen LogP contribution in [0.5, 0.6) is 11.5 Å². The van der Waals surface area contributed by atoms with Gasteiger partial charge in [-0.1, -0.05) is 30.3 Å². The molecule has 1 aliphatic carbocycles. The average Bonchev–Trinajstić information content (AvgIpc) is 3.26. The molecule has 218 valence electrons. The van der Waals surface area contributed by atoms with Crippen LogP contribution in [0.25, 0.3) is 0 Å². The summed E-state index contributed by atoms with van der Waals surface area (Å²) in [5.41, 5.74) is 3.75. The van der Waals surface area contributed by atoms with Gasteiger partial charge in [0.05, 0.1) is 37.5 Å². The van der Waals surface area contributed by atoms with Crippen molar-refractivity contribution in [1.82, 2.24) is 14.7 Å². The number of hydrogen-bond donors (Lipinski definition) is 1. The first-order valence-corrected chi connectivity index (χ1v) is 14.3. The quantitative estimate of drug-likeness (QED) is 0.416. The normalized spacial score (nSPS) is 24.4. The van der Waals surface area contributed by atoms with E-state index in [9.17, 15) is 15.6 Å². The molecule has 0 radical (unpaired) electrons. The number of methoxy groups -OCH3 is 2. The van der Waals surface area contributed by atoms with Gasteiger partial charge in [-0.2, -0.15) is 10.5 Å². The van der Waals surface area contributed by atoms with Crippen LogP contribution >= 0.6 is 0 Å². The fourth-order valence-corrected chi connectivity index (χ4v) is 7.04. The summed E-state index contributed by atoms with van der Waals surface area (Å²) in [6, 6.07) is 26.0. The molecule has 1 N–H and O–H groups in total. The van der Waals surface area contributed by atoms with Crippen molar-refractivity contribution in [2.75, 3.05) is 34.9 Å². The van der Waals surface area contributed by atoms with Crippen molar-refractivity contribution >= 4 is 0 Å². The van der Waals surface area contributed by atoms with E-state index in [0.29, 0.717) is 42.3 Å². The van der Waals surface area contributed by atoms with Gasteiger partial charge in [-0.25, -0.2) is 0 Å². The van der Waals surface area contributed by atoms with Crippen molar-refractivity contribution in [2.24, 2.45) is 0 Å². The molecule has 42 heavy (non-hydrogen) atoms. The van der Waals surface area contributed by atoms with Gasteiger partial charge < -0.3 is 14.6 Å². The highest BCUT2D eigenvalue weighted by molar-refractivity contribution is 5.43. The Kier molecular flexibility index (Phi) is 8.54. The SMILES string of the molecule is COc1ccc(C#N)cc1CN1CC2(CCC(c3ccccc3)(N(C)C)CC2)N(Cc2cc(C#N)ccc2OC)C1O. The Balaban J connectivity index is 1.52. The number of nitrogens with zero attached hydrogens (tertiary/aromatic N) is 5. The zero-order valence-electron chi connectivity index (χ0n) is 24.9. The van der Waals surface area contributed by atoms with Crippen LogP contribution in [-0.4, -0.2) is 66.6 Å². The maximum atomic E-state index is 12.0. The molecular formula is C34H39N5O3. The molecule has 3 aromatic rings. The molecule has 1 unspecified atom stereocenters. The van der Waals surface area contributed by atoms with Gasteiger partial charge in [-0.3, -0.25) is 14.7 Å². The predicted octanol–water partition coefficient (Wildman–Crippen LogP) is 4.81. The van der Waals surface area contributed by atoms with E-state index in [1.807, 2.05) is 24.3 Å². The summed E-state index contributed by atoms with van der Waals surface area (Å²) in [5.74, 6) is 1.39. The largest absolute Gasteiger partial charge is 0.496 e. The molecule has 8 heteroatoms. The number of rotatable bonds is 8. The highest BCUT2D eigenvalue weighted by Gasteiger charge is 2.54. The monoisotopic (exact) mass is 565 g/mol. The van der Waals surface area contributed by atoms with E-state index in [1.165, 1.54) is 5.56 Å². The summed E-state index contributed by atoms with van der Waals surface area (Å²) in [7, 11) is 7.57. The minimum absolute atomic E-state index is 0.0979. The van der Waals surface area contributed by atoms with Crippen molar-refractivity contribution in [3.05, 3.63) is 94.5 Å². The topological polar surface area (TPSA) is 96.0 Å². The first-order valence-electron chi connectivity index (χ1n) is 14.3. The van der Waals surface area contributed by atoms with Gasteiger partial charge in [-0.05, 0) is 81.7 Å². The number of nitriles is 2. The molecule has 1 aliphatic heterocycles. The standard InChI is InChI=1S/C34H39N5O3/c1-37(2)34(29-8-6-5-7-9-29)16-14-33(15-17-34)24-38(22-27-18-25(20-35)10-12-30(27)41-3)32(40)39(33)23-28-19-26(21-36)11-13-31(28)42-4/h5-13,18-19,32,40H,14-17,22-24H2,1-4H3. The van der Waals surface area contributed by atoms with Crippen LogP contribution < -0.4 is 9.47 Å². The Morgan fingerprint density at radius 1 is 0.833 bits per heavy atom. The Morgan fingerprint density at radius 3 is 1.88 bits per heavy atom. The molecule has 2 fully saturated rings. The van der Waals surface area contributed by atoms with Gasteiger partial charge in [0, 0.05) is 41.8 Å². The summed E-state index contributed by atoms with van der Waals surface area (Å²) in [4.78, 5) is 6.61. The smallest absolute Gasteiger partial charge is 0.166 e. The zero-order valence-corrected chi connectivity index (χ0v) is 24.9. The van der Waals surface area contributed by atoms with Gasteiger partial charge in [0.15, 0.2) is 6.35 Å². The van der Waals surface area contributed by atoms with Crippen LogP contribution in [-0.2, 0) is 18.6 Å². The van der Waals surface area contributed by atoms with E-state index >= 15 is 0 Å². The minimum atomic E-state index is -0.875. The fraction of sp³-hybridized carbons (Fsp3) is 0.412. The van der Waals surface area contributed by atoms with Crippen LogP contribution in [0.3, 0.4) is 0 Å². The molecule has 3 aromatic carbocycles. The van der Waals surface area contributed by atoms with Crippen LogP contribution in [0.2, 0.25) is 0 Å². The first-order chi connectivity index (χ1) is 20.3. The van der Waals surface area contributed by atoms with Crippen LogP contribution in [0.1, 0.15) is 53.5 Å². The summed E-state index contributed by atoms with van der Waals surface area (Å²) in [6.07, 6.45) is 2.75. The molecule has 1 spiro atoms. The van der Waals surface area contributed by atoms with Gasteiger partial charge in [0.2, 0.25) is 0 Å². The number of aliphatic hydroxyl groups is 1. The lowest BCUT2D eigenvalue weighted by atomic mass is 9.68. The molecular weight excluding hydrogens is 526 g/mol. The van der Waals surface area contributed by atoms with Gasteiger partial charge >= 0.3 is 0 Å². The van der Waals surface area contributed by atoms with Crippen molar-refractivity contribution in [2.45, 2.75) is 56.2 Å². The Hall–Kier alpha value is -3.92. The summed E-state index contributed by atoms with van der Waals surface area (Å²) in [5, 5.41) is 31.1. The van der Waals surface area contributed by atoms with E-state index in [0.717, 1.165) is 36.8 Å². The third-order valence-electron chi connectivity index (χ3n) is 9.42. The molecule has 1 atom stereocenters. The Labute approximate surface area is 248 Å². The third-order valence-corrected chi connectivity index (χ3v) is 9.42. The number of aliphatic hydroxyl groups excluding tert-OH is 1. The van der Waals surface area contributed by atoms with Crippen molar-refractivity contribution < 1.29 is 14.6 Å². The lowest BCUT2D eigenvalue weighted by molar-refractivity contribution is -0.0989. The molecule has 0 aromatic heterocycles. The van der Waals surface area contributed by atoms with Crippen molar-refractivity contribution in [3.63, 3.8) is 0 Å². The van der Waals surface area contributed by atoms with Crippen molar-refractivity contribution in [3.8, 4) is 23.6 Å². The fourth-order valence-electron chi connectivity index (χ4n) is 7.04. The molecule has 2 aliphatic rings. The van der Waals surface area contributed by atoms with E-state index in [-0.39, 0.29) is 11.1 Å². The first kappa shape index (κ1) is 29.6. The lowest BCUT2D eigenvalue weighted by Gasteiger charge is -2.51. The van der Waals surface area contributed by atoms with Crippen LogP contribution in [0.15, 0.2) is 66.7 Å². The second kappa shape index (κ2) is 12.1. The molecule has 1 saturated heterocycles. The maximum absolute atomic E-state index is 12.0. The predicted molar refractivity (Wildman–Crippen MR) is 160 cm³/mol. The van der Waals surface area contributed by atoms with E-state index in [2.05, 4.69) is 71.3 Å². The minimum Gasteiger partial charge on any atom is -0.496 e. The number of benzene rings is 3. The molecule has 5 rings (SSSR count). The molecule has 0 bridgehead atoms. The third kappa shape index (κ3) is 5.35. The second-order valence-corrected chi connectivity index (χ2v) is 11.7. The van der Waals surface area contributed by atoms with Crippen LogP contribution in [0.4, 0.5) is 0 Å². The molecule has 0 amide bonds. The second-order valence-electron chi connectivity index (χ2n) is 11.7. The number of ether oxygens (including phenoxy) is 2. The van der Waals surface area contributed by atoms with Gasteiger partial charge in [0.1, 0.15) is 11.5 Å². The number of hydrogen-bond acceptors (Lipinski definition) is 8. The van der Waals surface area contributed by atoms with Crippen molar-refractivity contribution in [1.29, 1.82) is 10.5 Å². The zero-order chi connectivity index (χ0) is 29.9. The van der Waals surface area contributed by atoms with E-state index < -0.39 is 6.35 Å². The molecule has 8 nitrogen and oxygen atoms in total. The Morgan fingerprint density at radius 2 is 1.38 bits per heavy atom. The molecule has 1 heterocycles. The summed E-state index contributed by atoms with van der Waals surface area (Å²) in [6.45, 7) is 1.53. The lowest BCUT2D eigenvalue weighted by Crippen LogP contribution is -2.55. The Bertz CT molecular complexity index is 1490. The summed E-state index contributed by atoms with van der Waals surface area (Å²) < 4.78 is 11.3.